The van der Waals surface area contributed by atoms with E-state index in [0.29, 0.717) is 29.2 Å². The summed E-state index contributed by atoms with van der Waals surface area (Å²) in [6.07, 6.45) is 9.11. The molecule has 1 saturated carbocycles. The molecule has 0 spiro atoms. The number of aliphatic imine (C=N–C) groups is 1. The van der Waals surface area contributed by atoms with Crippen molar-refractivity contribution < 1.29 is 24.5 Å². The number of hydrogen-bond acceptors (Lipinski definition) is 6. The van der Waals surface area contributed by atoms with Gasteiger partial charge in [0.1, 0.15) is 23.8 Å². The number of Topliss-reactive ketones (excluding diaryl/α,β-unsaturated/α-hetero) is 1. The summed E-state index contributed by atoms with van der Waals surface area (Å²) in [6, 6.07) is 0. The number of ketones is 1. The van der Waals surface area contributed by atoms with Crippen LogP contribution < -0.4 is 0 Å². The Hall–Kier alpha value is -2.60. The molecule has 33 heavy (non-hydrogen) atoms. The van der Waals surface area contributed by atoms with Gasteiger partial charge in [-0.15, -0.1) is 0 Å². The number of hydrogen-bond donors (Lipinski definition) is 2. The Morgan fingerprint density at radius 1 is 1.30 bits per heavy atom. The van der Waals surface area contributed by atoms with E-state index in [1.807, 2.05) is 26.0 Å². The highest BCUT2D eigenvalue weighted by atomic mass is 35.5. The molecule has 1 fully saturated rings. The fourth-order valence-corrected chi connectivity index (χ4v) is 4.33. The van der Waals surface area contributed by atoms with E-state index >= 15 is 0 Å². The molecule has 2 rings (SSSR count). The first-order valence-corrected chi connectivity index (χ1v) is 11.5. The minimum atomic E-state index is -0.504. The molecule has 0 bridgehead atoms. The topological polar surface area (TPSA) is 96.2 Å². The normalized spacial score (nSPS) is 24.1. The molecule has 1 aliphatic carbocycles. The van der Waals surface area contributed by atoms with Gasteiger partial charge in [0.05, 0.1) is 12.1 Å². The van der Waals surface area contributed by atoms with E-state index in [4.69, 9.17) is 11.6 Å². The van der Waals surface area contributed by atoms with Gasteiger partial charge in [-0.25, -0.2) is 0 Å². The number of phenolic OH excluding ortho intramolecular Hbond substituents is 2. The largest absolute Gasteiger partial charge is 0.507 e. The van der Waals surface area contributed by atoms with Crippen molar-refractivity contribution in [1.82, 2.24) is 0 Å². The Balaban J connectivity index is 2.30. The van der Waals surface area contributed by atoms with Crippen LogP contribution in [0, 0.1) is 24.2 Å². The summed E-state index contributed by atoms with van der Waals surface area (Å²) >= 11 is 6.29. The number of carbonyl (C=O) groups is 2. The van der Waals surface area contributed by atoms with E-state index in [2.05, 4.69) is 29.7 Å². The van der Waals surface area contributed by atoms with Gasteiger partial charge in [-0.3, -0.25) is 14.6 Å². The molecule has 1 aromatic rings. The summed E-state index contributed by atoms with van der Waals surface area (Å²) < 4.78 is 4.56. The van der Waals surface area contributed by atoms with Crippen molar-refractivity contribution in [2.24, 2.45) is 22.2 Å². The van der Waals surface area contributed by atoms with Crippen LogP contribution in [-0.2, 0) is 20.7 Å². The third kappa shape index (κ3) is 5.85. The van der Waals surface area contributed by atoms with E-state index in [9.17, 15) is 19.8 Å². The number of aromatic hydroxyl groups is 2. The van der Waals surface area contributed by atoms with Gasteiger partial charge in [0.15, 0.2) is 0 Å². The molecule has 0 aromatic heterocycles. The minimum absolute atomic E-state index is 0.0406. The van der Waals surface area contributed by atoms with Gasteiger partial charge in [-0.05, 0) is 43.6 Å². The van der Waals surface area contributed by atoms with Gasteiger partial charge in [-0.2, -0.15) is 0 Å². The van der Waals surface area contributed by atoms with Gasteiger partial charge in [-0.1, -0.05) is 56.2 Å². The summed E-state index contributed by atoms with van der Waals surface area (Å²) in [6.45, 7) is 9.70. The Morgan fingerprint density at radius 3 is 2.61 bits per heavy atom. The van der Waals surface area contributed by atoms with Crippen molar-refractivity contribution in [3.8, 4) is 11.5 Å². The molecule has 1 aromatic carbocycles. The molecule has 2 N–H and O–H groups in total. The van der Waals surface area contributed by atoms with E-state index in [-0.39, 0.29) is 46.4 Å². The van der Waals surface area contributed by atoms with Crippen LogP contribution in [-0.4, -0.2) is 41.8 Å². The average molecular weight is 476 g/mol. The number of benzene rings is 1. The zero-order valence-corrected chi connectivity index (χ0v) is 21.0. The number of halogens is 1. The number of rotatable bonds is 7. The number of ether oxygens (including phenoxy) is 1. The third-order valence-corrected chi connectivity index (χ3v) is 7.53. The van der Waals surface area contributed by atoms with Crippen molar-refractivity contribution in [2.45, 2.75) is 53.9 Å². The van der Waals surface area contributed by atoms with Crippen LogP contribution in [0.5, 0.6) is 11.5 Å². The number of phenols is 2. The molecule has 7 heteroatoms. The minimum Gasteiger partial charge on any atom is -0.507 e. The first kappa shape index (κ1) is 26.7. The van der Waals surface area contributed by atoms with Crippen molar-refractivity contribution in [3.63, 3.8) is 0 Å². The van der Waals surface area contributed by atoms with E-state index in [1.165, 1.54) is 13.3 Å². The van der Waals surface area contributed by atoms with Crippen molar-refractivity contribution in [3.05, 3.63) is 45.5 Å². The third-order valence-electron chi connectivity index (χ3n) is 7.07. The molecule has 3 atom stereocenters. The second-order valence-corrected chi connectivity index (χ2v) is 9.43. The molecule has 0 radical (unpaired) electrons. The monoisotopic (exact) mass is 475 g/mol. The second-order valence-electron chi connectivity index (χ2n) is 9.05. The summed E-state index contributed by atoms with van der Waals surface area (Å²) in [4.78, 5) is 27.5. The highest BCUT2D eigenvalue weighted by molar-refractivity contribution is 6.33. The lowest BCUT2D eigenvalue weighted by Gasteiger charge is -2.42. The first-order chi connectivity index (χ1) is 15.4. The zero-order valence-electron chi connectivity index (χ0n) is 20.2. The maximum absolute atomic E-state index is 12.3. The molecule has 180 valence electrons. The van der Waals surface area contributed by atoms with E-state index in [0.717, 1.165) is 12.0 Å². The Labute approximate surface area is 201 Å². The highest BCUT2D eigenvalue weighted by Crippen LogP contribution is 2.45. The van der Waals surface area contributed by atoms with Crippen LogP contribution in [0.3, 0.4) is 0 Å². The highest BCUT2D eigenvalue weighted by Gasteiger charge is 2.41. The summed E-state index contributed by atoms with van der Waals surface area (Å²) in [5.41, 5.74) is 1.80. The van der Waals surface area contributed by atoms with Gasteiger partial charge < -0.3 is 14.9 Å². The Kier molecular flexibility index (Phi) is 8.89. The predicted octanol–water partition coefficient (Wildman–Crippen LogP) is 5.34. The number of methoxy groups -OCH3 is 1. The lowest BCUT2D eigenvalue weighted by atomic mass is 9.61. The fraction of sp³-hybridized carbons (Fsp3) is 0.500. The standard InChI is InChI=1S/C26H34ClNO5/c1-15(11-12-26(5)16(2)8-10-21(29)18(26)4)7-9-19-24(31)20(13-28-14-22(30)33-6)17(3)23(27)25(19)32/h7,11-13,16,18,31-32H,8-10,14H2,1-6H3/b12-11+,15-7+,28-13-/t16-,18+,26+/m1/s1. The molecular formula is C26H34ClNO5. The zero-order chi connectivity index (χ0) is 24.9. The number of allylic oxidation sites excluding steroid dienone is 4. The van der Waals surface area contributed by atoms with Crippen LogP contribution in [0.1, 0.15) is 57.2 Å². The summed E-state index contributed by atoms with van der Waals surface area (Å²) in [5.74, 6) is -0.172. The lowest BCUT2D eigenvalue weighted by molar-refractivity contribution is -0.138. The van der Waals surface area contributed by atoms with Crippen LogP contribution in [0.4, 0.5) is 0 Å². The molecule has 1 aliphatic rings. The van der Waals surface area contributed by atoms with Crippen molar-refractivity contribution in [1.29, 1.82) is 0 Å². The van der Waals surface area contributed by atoms with Gasteiger partial charge in [0.2, 0.25) is 0 Å². The SMILES string of the molecule is COC(=O)C/N=C\c1c(C)c(Cl)c(O)c(C/C=C(C)/C=C/[C@@]2(C)[C@H](C)CCC(=O)[C@@H]2C)c1O. The second kappa shape index (κ2) is 11.0. The first-order valence-electron chi connectivity index (χ1n) is 11.1. The Morgan fingerprint density at radius 2 is 1.97 bits per heavy atom. The maximum Gasteiger partial charge on any atom is 0.327 e. The molecule has 0 amide bonds. The quantitative estimate of drug-likeness (QED) is 0.315. The van der Waals surface area contributed by atoms with Gasteiger partial charge in [0.25, 0.3) is 0 Å². The predicted molar refractivity (Wildman–Crippen MR) is 131 cm³/mol. The van der Waals surface area contributed by atoms with E-state index < -0.39 is 5.97 Å². The molecule has 0 heterocycles. The van der Waals surface area contributed by atoms with Crippen LogP contribution in [0.15, 0.2) is 28.8 Å². The number of carbonyl (C=O) groups excluding carboxylic acids is 2. The average Bonchev–Trinajstić information content (AvgIpc) is 2.79. The van der Waals surface area contributed by atoms with Gasteiger partial charge in [0, 0.05) is 29.7 Å². The van der Waals surface area contributed by atoms with E-state index in [1.54, 1.807) is 6.92 Å². The van der Waals surface area contributed by atoms with Crippen molar-refractivity contribution in [2.75, 3.05) is 13.7 Å². The fourth-order valence-electron chi connectivity index (χ4n) is 4.12. The van der Waals surface area contributed by atoms with Crippen LogP contribution in [0.2, 0.25) is 5.02 Å². The molecule has 6 nitrogen and oxygen atoms in total. The smallest absolute Gasteiger partial charge is 0.327 e. The molecule has 0 unspecified atom stereocenters. The summed E-state index contributed by atoms with van der Waals surface area (Å²) in [7, 11) is 1.27. The van der Waals surface area contributed by atoms with Gasteiger partial charge >= 0.3 is 5.97 Å². The van der Waals surface area contributed by atoms with Crippen LogP contribution >= 0.6 is 11.6 Å². The van der Waals surface area contributed by atoms with Crippen molar-refractivity contribution >= 4 is 29.6 Å². The maximum atomic E-state index is 12.3. The lowest BCUT2D eigenvalue weighted by Crippen LogP contribution is -2.40. The molecule has 0 aliphatic heterocycles. The molecule has 0 saturated heterocycles. The van der Waals surface area contributed by atoms with Crippen LogP contribution in [0.25, 0.3) is 0 Å². The number of esters is 1. The number of nitrogens with zero attached hydrogens (tertiary/aromatic N) is 1. The Bertz CT molecular complexity index is 1010. The summed E-state index contributed by atoms with van der Waals surface area (Å²) in [5, 5.41) is 21.4. The molecular weight excluding hydrogens is 442 g/mol.